The fourth-order valence-electron chi connectivity index (χ4n) is 2.44. The smallest absolute Gasteiger partial charge is 0.270 e. The van der Waals surface area contributed by atoms with Gasteiger partial charge in [0, 0.05) is 17.6 Å². The molecular weight excluding hydrogens is 308 g/mol. The van der Waals surface area contributed by atoms with Crippen LogP contribution in [0.5, 0.6) is 0 Å². The topological polar surface area (TPSA) is 56.3 Å². The van der Waals surface area contributed by atoms with Crippen LogP contribution in [0.3, 0.4) is 0 Å². The lowest BCUT2D eigenvalue weighted by Crippen LogP contribution is -2.34. The number of amides is 1. The molecule has 118 valence electrons. The van der Waals surface area contributed by atoms with Gasteiger partial charge in [-0.25, -0.2) is 0 Å². The normalized spacial score (nSPS) is 12.0. The molecule has 0 radical (unpaired) electrons. The van der Waals surface area contributed by atoms with Crippen LogP contribution in [0, 0.1) is 0 Å². The zero-order valence-corrected chi connectivity index (χ0v) is 13.4. The van der Waals surface area contributed by atoms with Gasteiger partial charge in [0.05, 0.1) is 6.54 Å². The predicted molar refractivity (Wildman–Crippen MR) is 91.3 cm³/mol. The van der Waals surface area contributed by atoms with Crippen molar-refractivity contribution in [3.63, 3.8) is 0 Å². The molecule has 0 aliphatic rings. The number of aliphatic hydroxyl groups excluding tert-OH is 1. The van der Waals surface area contributed by atoms with E-state index in [0.717, 1.165) is 10.4 Å². The van der Waals surface area contributed by atoms with Crippen LogP contribution in [-0.2, 0) is 6.54 Å². The van der Waals surface area contributed by atoms with Gasteiger partial charge in [0.2, 0.25) is 0 Å². The molecule has 0 aliphatic carbocycles. The van der Waals surface area contributed by atoms with Gasteiger partial charge in [-0.05, 0) is 29.1 Å². The monoisotopic (exact) mass is 326 g/mol. The molecule has 0 saturated heterocycles. The van der Waals surface area contributed by atoms with E-state index < -0.39 is 6.10 Å². The second-order valence-electron chi connectivity index (χ2n) is 5.29. The third-order valence-electron chi connectivity index (χ3n) is 3.60. The minimum Gasteiger partial charge on any atom is -0.386 e. The number of hydrogen-bond donors (Lipinski definition) is 2. The van der Waals surface area contributed by atoms with Crippen LogP contribution < -0.4 is 0 Å². The summed E-state index contributed by atoms with van der Waals surface area (Å²) in [5.74, 6) is -0.116. The maximum Gasteiger partial charge on any atom is 0.270 e. The van der Waals surface area contributed by atoms with Gasteiger partial charge in [0.25, 0.3) is 5.91 Å². The van der Waals surface area contributed by atoms with Crippen molar-refractivity contribution in [1.82, 2.24) is 9.88 Å². The Balaban J connectivity index is 1.79. The quantitative estimate of drug-likeness (QED) is 0.729. The number of aliphatic hydroxyl groups is 1. The van der Waals surface area contributed by atoms with Gasteiger partial charge < -0.3 is 15.0 Å². The third kappa shape index (κ3) is 3.88. The fraction of sp³-hybridized carbons (Fsp3) is 0.167. The molecule has 0 fully saturated rings. The van der Waals surface area contributed by atoms with Crippen molar-refractivity contribution < 1.29 is 9.90 Å². The molecule has 2 aromatic heterocycles. The van der Waals surface area contributed by atoms with Crippen LogP contribution >= 0.6 is 11.3 Å². The molecule has 2 N–H and O–H groups in total. The standard InChI is InChI=1S/C18H18N2O2S/c21-16(17-9-5-11-23-17)13-20(12-14-6-2-1-3-7-14)18(22)15-8-4-10-19-15/h1-11,16,19,21H,12-13H2. The molecule has 1 aromatic carbocycles. The molecule has 2 heterocycles. The van der Waals surface area contributed by atoms with Crippen LogP contribution in [0.1, 0.15) is 27.0 Å². The molecular formula is C18H18N2O2S. The Hall–Kier alpha value is -2.37. The van der Waals surface area contributed by atoms with Gasteiger partial charge in [-0.3, -0.25) is 4.79 Å². The molecule has 3 aromatic rings. The lowest BCUT2D eigenvalue weighted by atomic mass is 10.2. The van der Waals surface area contributed by atoms with Crippen molar-refractivity contribution in [3.8, 4) is 0 Å². The number of carbonyl (C=O) groups excluding carboxylic acids is 1. The van der Waals surface area contributed by atoms with Gasteiger partial charge in [0.15, 0.2) is 0 Å². The molecule has 0 aliphatic heterocycles. The molecule has 0 spiro atoms. The Kier molecular flexibility index (Phi) is 4.90. The number of aromatic nitrogens is 1. The number of H-pyrrole nitrogens is 1. The summed E-state index contributed by atoms with van der Waals surface area (Å²) in [6.45, 7) is 0.717. The highest BCUT2D eigenvalue weighted by molar-refractivity contribution is 7.10. The Labute approximate surface area is 139 Å². The maximum atomic E-state index is 12.7. The lowest BCUT2D eigenvalue weighted by molar-refractivity contribution is 0.0604. The van der Waals surface area contributed by atoms with Crippen molar-refractivity contribution in [1.29, 1.82) is 0 Å². The van der Waals surface area contributed by atoms with Crippen LogP contribution in [0.25, 0.3) is 0 Å². The van der Waals surface area contributed by atoms with Crippen LogP contribution in [0.15, 0.2) is 66.2 Å². The summed E-state index contributed by atoms with van der Waals surface area (Å²) >= 11 is 1.49. The Morgan fingerprint density at radius 2 is 1.96 bits per heavy atom. The Bertz CT molecular complexity index is 724. The van der Waals surface area contributed by atoms with Gasteiger partial charge in [-0.15, -0.1) is 11.3 Å². The average molecular weight is 326 g/mol. The second-order valence-corrected chi connectivity index (χ2v) is 6.27. The van der Waals surface area contributed by atoms with E-state index in [0.29, 0.717) is 12.2 Å². The first-order valence-electron chi connectivity index (χ1n) is 7.42. The molecule has 23 heavy (non-hydrogen) atoms. The minimum absolute atomic E-state index is 0.116. The zero-order valence-electron chi connectivity index (χ0n) is 12.6. The van der Waals surface area contributed by atoms with Gasteiger partial charge in [-0.1, -0.05) is 36.4 Å². The third-order valence-corrected chi connectivity index (χ3v) is 4.57. The first-order valence-corrected chi connectivity index (χ1v) is 8.30. The molecule has 5 heteroatoms. The number of rotatable bonds is 6. The summed E-state index contributed by atoms with van der Waals surface area (Å²) in [5, 5.41) is 12.3. The van der Waals surface area contributed by atoms with E-state index in [1.54, 1.807) is 23.2 Å². The lowest BCUT2D eigenvalue weighted by Gasteiger charge is -2.25. The van der Waals surface area contributed by atoms with E-state index in [9.17, 15) is 9.90 Å². The zero-order chi connectivity index (χ0) is 16.1. The summed E-state index contributed by atoms with van der Waals surface area (Å²) in [5.41, 5.74) is 1.56. The minimum atomic E-state index is -0.683. The van der Waals surface area contributed by atoms with E-state index in [2.05, 4.69) is 4.98 Å². The number of aromatic amines is 1. The van der Waals surface area contributed by atoms with E-state index in [1.807, 2.05) is 47.8 Å². The Morgan fingerprint density at radius 1 is 1.13 bits per heavy atom. The van der Waals surface area contributed by atoms with Crippen molar-refractivity contribution in [2.45, 2.75) is 12.6 Å². The first-order chi connectivity index (χ1) is 11.2. The molecule has 4 nitrogen and oxygen atoms in total. The summed E-state index contributed by atoms with van der Waals surface area (Å²) < 4.78 is 0. The highest BCUT2D eigenvalue weighted by atomic mass is 32.1. The molecule has 1 amide bonds. The van der Waals surface area contributed by atoms with Crippen molar-refractivity contribution >= 4 is 17.2 Å². The van der Waals surface area contributed by atoms with Crippen molar-refractivity contribution in [2.75, 3.05) is 6.54 Å². The summed E-state index contributed by atoms with van der Waals surface area (Å²) in [6, 6.07) is 17.1. The van der Waals surface area contributed by atoms with Crippen LogP contribution in [0.2, 0.25) is 0 Å². The largest absolute Gasteiger partial charge is 0.386 e. The number of hydrogen-bond acceptors (Lipinski definition) is 3. The predicted octanol–water partition coefficient (Wildman–Crippen LogP) is 3.45. The summed E-state index contributed by atoms with van der Waals surface area (Å²) in [6.07, 6.45) is 1.04. The second kappa shape index (κ2) is 7.26. The number of carbonyl (C=O) groups is 1. The molecule has 1 atom stereocenters. The van der Waals surface area contributed by atoms with E-state index in [4.69, 9.17) is 0 Å². The van der Waals surface area contributed by atoms with E-state index in [1.165, 1.54) is 11.3 Å². The molecule has 0 bridgehead atoms. The highest BCUT2D eigenvalue weighted by Crippen LogP contribution is 2.21. The van der Waals surface area contributed by atoms with Gasteiger partial charge >= 0.3 is 0 Å². The first kappa shape index (κ1) is 15.5. The van der Waals surface area contributed by atoms with Gasteiger partial charge in [-0.2, -0.15) is 0 Å². The highest BCUT2D eigenvalue weighted by Gasteiger charge is 2.21. The van der Waals surface area contributed by atoms with Crippen molar-refractivity contribution in [3.05, 3.63) is 82.3 Å². The average Bonchev–Trinajstić information content (AvgIpc) is 3.27. The van der Waals surface area contributed by atoms with Crippen molar-refractivity contribution in [2.24, 2.45) is 0 Å². The van der Waals surface area contributed by atoms with Crippen LogP contribution in [-0.4, -0.2) is 27.4 Å². The Morgan fingerprint density at radius 3 is 2.61 bits per heavy atom. The van der Waals surface area contributed by atoms with E-state index in [-0.39, 0.29) is 12.5 Å². The number of nitrogens with one attached hydrogen (secondary N) is 1. The summed E-state index contributed by atoms with van der Waals surface area (Å²) in [4.78, 5) is 18.2. The number of nitrogens with zero attached hydrogens (tertiary/aromatic N) is 1. The number of thiophene rings is 1. The summed E-state index contributed by atoms with van der Waals surface area (Å²) in [7, 11) is 0. The number of benzene rings is 1. The SMILES string of the molecule is O=C(c1ccc[nH]1)N(Cc1ccccc1)CC(O)c1cccs1. The van der Waals surface area contributed by atoms with Gasteiger partial charge in [0.1, 0.15) is 11.8 Å². The molecule has 3 rings (SSSR count). The maximum absolute atomic E-state index is 12.7. The fourth-order valence-corrected chi connectivity index (χ4v) is 3.14. The molecule has 1 unspecified atom stereocenters. The molecule has 0 saturated carbocycles. The van der Waals surface area contributed by atoms with Crippen LogP contribution in [0.4, 0.5) is 0 Å². The van der Waals surface area contributed by atoms with E-state index >= 15 is 0 Å².